The number of aromatic hydroxyl groups is 3. The second kappa shape index (κ2) is 26.7. The normalized spacial score (nSPS) is 11.2. The summed E-state index contributed by atoms with van der Waals surface area (Å²) in [4.78, 5) is 24.3. The second-order valence-electron chi connectivity index (χ2n) is 18.6. The lowest BCUT2D eigenvalue weighted by Gasteiger charge is -2.07. The Bertz CT molecular complexity index is 4080. The number of rotatable bonds is 12. The van der Waals surface area contributed by atoms with Gasteiger partial charge >= 0.3 is 6.03 Å². The predicted molar refractivity (Wildman–Crippen MR) is 330 cm³/mol. The molecule has 0 spiro atoms. The smallest absolute Gasteiger partial charge is 0.364 e. The van der Waals surface area contributed by atoms with Gasteiger partial charge in [-0.3, -0.25) is 4.79 Å². The molecule has 12 aromatic rings. The van der Waals surface area contributed by atoms with Crippen molar-refractivity contribution in [2.45, 2.75) is 19.6 Å². The summed E-state index contributed by atoms with van der Waals surface area (Å²) in [5.74, 6) is -0.419. The third-order valence-corrected chi connectivity index (χ3v) is 13.3. The summed E-state index contributed by atoms with van der Waals surface area (Å²) < 4.78 is 5.35. The summed E-state index contributed by atoms with van der Waals surface area (Å²) in [6.07, 6.45) is 0. The van der Waals surface area contributed by atoms with Gasteiger partial charge in [-0.2, -0.15) is 0 Å². The van der Waals surface area contributed by atoms with Crippen LogP contribution in [0.15, 0.2) is 285 Å². The van der Waals surface area contributed by atoms with Crippen LogP contribution in [0.5, 0.6) is 17.6 Å². The minimum absolute atomic E-state index is 0.00957. The monoisotopic (exact) mass is 1110 g/mol. The highest BCUT2D eigenvalue weighted by molar-refractivity contribution is 7.80. The van der Waals surface area contributed by atoms with E-state index in [1.54, 1.807) is 45.5 Å². The average Bonchev–Trinajstić information content (AvgIpc) is 4.14. The van der Waals surface area contributed by atoms with E-state index in [-0.39, 0.29) is 28.4 Å². The largest absolute Gasteiger partial charge is 0.493 e. The zero-order valence-electron chi connectivity index (χ0n) is 44.5. The molecule has 16 nitrogen and oxygen atoms in total. The number of carbonyl (C=O) groups is 2. The molecule has 0 atom stereocenters. The van der Waals surface area contributed by atoms with E-state index in [0.29, 0.717) is 42.3 Å². The summed E-state index contributed by atoms with van der Waals surface area (Å²) in [5.41, 5.74) is 8.62. The van der Waals surface area contributed by atoms with Crippen molar-refractivity contribution in [1.82, 2.24) is 13.7 Å². The number of azo groups is 3. The van der Waals surface area contributed by atoms with Gasteiger partial charge in [0.1, 0.15) is 0 Å². The van der Waals surface area contributed by atoms with Gasteiger partial charge in [0.2, 0.25) is 22.8 Å². The number of anilines is 2. The van der Waals surface area contributed by atoms with Gasteiger partial charge in [0.15, 0.2) is 17.1 Å². The molecule has 3 aromatic heterocycles. The van der Waals surface area contributed by atoms with Crippen LogP contribution >= 0.6 is 12.2 Å². The SMILES string of the molecule is O=C(N=Nc1c(O)n(Cc2ccccc2)c2ccccc12)Nc1ccccc1.O=C(N=Nc1c(O)n(Cc2ccccc2)c2ccccc12)c1ccccc1.Oc1c(N=NC(=S)Nc2ccccc2)c2ccccc2n1Cc1ccccc1. The van der Waals surface area contributed by atoms with E-state index in [2.05, 4.69) is 41.3 Å². The van der Waals surface area contributed by atoms with Gasteiger partial charge in [0.25, 0.3) is 5.91 Å². The summed E-state index contributed by atoms with van der Waals surface area (Å²) in [6.45, 7) is 1.52. The van der Waals surface area contributed by atoms with Gasteiger partial charge in [-0.25, -0.2) is 4.79 Å². The van der Waals surface area contributed by atoms with Gasteiger partial charge in [0.05, 0.1) is 36.2 Å². The van der Waals surface area contributed by atoms with Gasteiger partial charge < -0.3 is 39.7 Å². The predicted octanol–water partition coefficient (Wildman–Crippen LogP) is 16.9. The number of benzene rings is 9. The number of carbonyl (C=O) groups excluding carboxylic acids is 2. The first-order valence-electron chi connectivity index (χ1n) is 26.3. The fourth-order valence-electron chi connectivity index (χ4n) is 9.15. The van der Waals surface area contributed by atoms with E-state index in [4.69, 9.17) is 12.2 Å². The topological polar surface area (TPSA) is 208 Å². The van der Waals surface area contributed by atoms with Crippen molar-refractivity contribution in [3.63, 3.8) is 0 Å². The Labute approximate surface area is 482 Å². The molecule has 0 fully saturated rings. The first kappa shape index (κ1) is 55.2. The number of thiocarbonyl (C=S) groups is 1. The Morgan fingerprint density at radius 1 is 0.361 bits per heavy atom. The van der Waals surface area contributed by atoms with Crippen LogP contribution in [-0.2, 0) is 19.6 Å². The number of hydrogen-bond donors (Lipinski definition) is 5. The lowest BCUT2D eigenvalue weighted by molar-refractivity contribution is 0.0995. The first-order chi connectivity index (χ1) is 40.7. The molecule has 3 heterocycles. The van der Waals surface area contributed by atoms with Crippen LogP contribution in [0, 0.1) is 0 Å². The maximum absolute atomic E-state index is 12.2. The van der Waals surface area contributed by atoms with E-state index >= 15 is 0 Å². The number of amides is 3. The molecule has 5 N–H and O–H groups in total. The average molecular weight is 1110 g/mol. The standard InChI is InChI=1S/C22H18N4O2.C22H18N4OS.C22H17N3O2/c2*27-21-20(24-25-22(28)23-17-11-5-2-6-12-17)18-13-7-8-14-19(18)26(21)15-16-9-3-1-4-10-16;26-21(17-11-5-2-6-12-17)24-23-20-18-13-7-8-14-19(18)25(22(20)27)15-16-9-3-1-4-10-16/h2*1-14,27H,15H2,(H,23,28);1-14,27H,15H2. The highest BCUT2D eigenvalue weighted by Gasteiger charge is 2.20. The molecule has 0 aliphatic rings. The molecule has 0 saturated heterocycles. The third-order valence-electron chi connectivity index (χ3n) is 13.1. The van der Waals surface area contributed by atoms with Crippen molar-refractivity contribution in [3.05, 3.63) is 277 Å². The fourth-order valence-corrected chi connectivity index (χ4v) is 9.31. The number of nitrogens with one attached hydrogen (secondary N) is 2. The number of urea groups is 1. The molecule has 83 heavy (non-hydrogen) atoms. The Morgan fingerprint density at radius 2 is 0.663 bits per heavy atom. The van der Waals surface area contributed by atoms with E-state index in [0.717, 1.165) is 55.1 Å². The van der Waals surface area contributed by atoms with Gasteiger partial charge in [-0.1, -0.05) is 205 Å². The quantitative estimate of drug-likeness (QED) is 0.0590. The fraction of sp³-hybridized carbons (Fsp3) is 0.0455. The summed E-state index contributed by atoms with van der Waals surface area (Å²) in [5, 5.41) is 64.5. The molecule has 0 unspecified atom stereocenters. The van der Waals surface area contributed by atoms with E-state index in [9.17, 15) is 24.9 Å². The maximum Gasteiger partial charge on any atom is 0.364 e. The van der Waals surface area contributed by atoms with Crippen LogP contribution < -0.4 is 10.6 Å². The minimum Gasteiger partial charge on any atom is -0.493 e. The highest BCUT2D eigenvalue weighted by Crippen LogP contribution is 2.42. The van der Waals surface area contributed by atoms with Crippen molar-refractivity contribution < 1.29 is 24.9 Å². The zero-order valence-corrected chi connectivity index (χ0v) is 45.3. The minimum atomic E-state index is -0.606. The molecule has 0 radical (unpaired) electrons. The molecule has 0 bridgehead atoms. The highest BCUT2D eigenvalue weighted by atomic mass is 32.1. The Kier molecular flexibility index (Phi) is 17.7. The number of fused-ring (bicyclic) bond motifs is 3. The molecular weight excluding hydrogens is 1060 g/mol. The second-order valence-corrected chi connectivity index (χ2v) is 19.0. The number of aromatic nitrogens is 3. The molecule has 3 amide bonds. The van der Waals surface area contributed by atoms with Gasteiger partial charge in [-0.15, -0.1) is 25.6 Å². The van der Waals surface area contributed by atoms with Crippen molar-refractivity contribution in [2.75, 3.05) is 10.6 Å². The summed E-state index contributed by atoms with van der Waals surface area (Å²) >= 11 is 5.25. The van der Waals surface area contributed by atoms with Crippen molar-refractivity contribution in [3.8, 4) is 17.6 Å². The molecular formula is C66H53N11O5S. The van der Waals surface area contributed by atoms with Crippen LogP contribution in [-0.4, -0.2) is 46.1 Å². The number of nitrogens with zero attached hydrogens (tertiary/aromatic N) is 9. The van der Waals surface area contributed by atoms with Crippen LogP contribution in [0.1, 0.15) is 27.0 Å². The van der Waals surface area contributed by atoms with Crippen LogP contribution in [0.3, 0.4) is 0 Å². The Balaban J connectivity index is 0.000000139. The molecule has 0 aliphatic carbocycles. The molecule has 0 aliphatic heterocycles. The summed E-state index contributed by atoms with van der Waals surface area (Å²) in [6, 6.07) is 79.1. The number of hydrogen-bond acceptors (Lipinski definition) is 9. The van der Waals surface area contributed by atoms with Crippen molar-refractivity contribution in [2.24, 2.45) is 30.7 Å². The van der Waals surface area contributed by atoms with Gasteiger partial charge in [-0.05, 0) is 83.5 Å². The molecule has 408 valence electrons. The van der Waals surface area contributed by atoms with Crippen LogP contribution in [0.25, 0.3) is 32.7 Å². The molecule has 17 heteroatoms. The van der Waals surface area contributed by atoms with E-state index in [1.165, 1.54) is 0 Å². The van der Waals surface area contributed by atoms with Gasteiger partial charge in [0, 0.05) is 33.1 Å². The zero-order chi connectivity index (χ0) is 57.3. The molecule has 9 aromatic carbocycles. The lowest BCUT2D eigenvalue weighted by Crippen LogP contribution is -2.04. The van der Waals surface area contributed by atoms with Crippen LogP contribution in [0.4, 0.5) is 33.2 Å². The maximum atomic E-state index is 12.2. The molecule has 12 rings (SSSR count). The van der Waals surface area contributed by atoms with Crippen molar-refractivity contribution in [1.29, 1.82) is 0 Å². The van der Waals surface area contributed by atoms with Crippen LogP contribution in [0.2, 0.25) is 0 Å². The molecule has 0 saturated carbocycles. The lowest BCUT2D eigenvalue weighted by atomic mass is 10.2. The Morgan fingerprint density at radius 3 is 1.05 bits per heavy atom. The van der Waals surface area contributed by atoms with E-state index in [1.807, 2.05) is 223 Å². The number of para-hydroxylation sites is 5. The summed E-state index contributed by atoms with van der Waals surface area (Å²) in [7, 11) is 0. The van der Waals surface area contributed by atoms with Crippen molar-refractivity contribution >= 4 is 90.4 Å². The third kappa shape index (κ3) is 13.6. The Hall–Kier alpha value is -11.2. The first-order valence-corrected chi connectivity index (χ1v) is 26.7. The van der Waals surface area contributed by atoms with E-state index < -0.39 is 11.9 Å².